The van der Waals surface area contributed by atoms with Crippen LogP contribution in [0.25, 0.3) is 21.8 Å². The summed E-state index contributed by atoms with van der Waals surface area (Å²) in [5.74, 6) is 1.86. The fourth-order valence-corrected chi connectivity index (χ4v) is 9.83. The van der Waals surface area contributed by atoms with E-state index in [-0.39, 0.29) is 17.8 Å². The van der Waals surface area contributed by atoms with Gasteiger partial charge in [0.2, 0.25) is 0 Å². The monoisotopic (exact) mass is 1090 g/mol. The van der Waals surface area contributed by atoms with Crippen molar-refractivity contribution in [1.82, 2.24) is 18.9 Å². The first-order valence-electron chi connectivity index (χ1n) is 27.9. The number of aliphatic imine (C=N–C) groups is 1. The molecule has 15 heteroatoms. The lowest BCUT2D eigenvalue weighted by molar-refractivity contribution is -0.138. The van der Waals surface area contributed by atoms with Crippen LogP contribution in [0.5, 0.6) is 0 Å². The molecule has 5 aromatic rings. The normalized spacial score (nSPS) is 16.0. The van der Waals surface area contributed by atoms with Crippen LogP contribution in [-0.4, -0.2) is 114 Å². The number of benzene rings is 3. The van der Waals surface area contributed by atoms with Crippen molar-refractivity contribution < 1.29 is 37.4 Å². The minimum absolute atomic E-state index is 0.0810. The van der Waals surface area contributed by atoms with Crippen LogP contribution in [0.1, 0.15) is 139 Å². The molecule has 1 amide bonds. The summed E-state index contributed by atoms with van der Waals surface area (Å²) >= 11 is 0. The van der Waals surface area contributed by atoms with Crippen molar-refractivity contribution in [2.75, 3.05) is 46.6 Å². The zero-order valence-corrected chi connectivity index (χ0v) is 50.0. The number of piperidine rings is 1. The van der Waals surface area contributed by atoms with E-state index in [2.05, 4.69) is 95.1 Å². The average Bonchev–Trinajstić information content (AvgIpc) is 3.82. The number of halogens is 2. The van der Waals surface area contributed by atoms with Crippen LogP contribution in [0.15, 0.2) is 84.3 Å². The minimum Gasteiger partial charge on any atom is -0.465 e. The molecule has 1 saturated carbocycles. The Morgan fingerprint density at radius 2 is 1.35 bits per heavy atom. The van der Waals surface area contributed by atoms with Crippen LogP contribution >= 0.6 is 0 Å². The average molecular weight is 1090 g/mol. The number of hydrogen-bond acceptors (Lipinski definition) is 10. The predicted octanol–water partition coefficient (Wildman–Crippen LogP) is 13.2. The van der Waals surface area contributed by atoms with Gasteiger partial charge >= 0.3 is 6.09 Å². The lowest BCUT2D eigenvalue weighted by Crippen LogP contribution is -2.44. The molecule has 2 N–H and O–H groups in total. The molecule has 2 aliphatic heterocycles. The molecule has 1 aliphatic carbocycles. The van der Waals surface area contributed by atoms with Crippen molar-refractivity contribution in [3.63, 3.8) is 0 Å². The molecule has 8 rings (SSSR count). The lowest BCUT2D eigenvalue weighted by Gasteiger charge is -2.35. The Morgan fingerprint density at radius 3 is 1.78 bits per heavy atom. The second-order valence-electron chi connectivity index (χ2n) is 22.9. The number of allylic oxidation sites excluding steroid dienone is 1. The Labute approximate surface area is 471 Å². The maximum absolute atomic E-state index is 12.9. The van der Waals surface area contributed by atoms with Gasteiger partial charge in [-0.25, -0.2) is 13.6 Å². The largest absolute Gasteiger partial charge is 0.465 e. The molecule has 1 unspecified atom stereocenters. The van der Waals surface area contributed by atoms with E-state index in [4.69, 9.17) is 15.7 Å². The topological polar surface area (TPSA) is 157 Å². The number of amides is 1. The first-order chi connectivity index (χ1) is 37.5. The number of ether oxygens (including phenoxy) is 3. The van der Waals surface area contributed by atoms with Crippen LogP contribution in [-0.2, 0) is 50.7 Å². The number of hydrogen-bond donors (Lipinski definition) is 1. The van der Waals surface area contributed by atoms with E-state index in [9.17, 15) is 23.2 Å². The number of rotatable bonds is 13. The molecule has 3 aliphatic rings. The number of nitrogens with two attached hydrogens (primary N) is 1. The maximum Gasteiger partial charge on any atom is 0.410 e. The van der Waals surface area contributed by atoms with Crippen molar-refractivity contribution >= 4 is 47.1 Å². The molecule has 3 fully saturated rings. The zero-order chi connectivity index (χ0) is 58.9. The number of nitrogens with zero attached hydrogens (tertiary/aromatic N) is 6. The molecule has 4 heterocycles. The third kappa shape index (κ3) is 22.3. The zero-order valence-electron chi connectivity index (χ0n) is 50.0. The van der Waals surface area contributed by atoms with Crippen molar-refractivity contribution in [3.8, 4) is 6.07 Å². The summed E-state index contributed by atoms with van der Waals surface area (Å²) in [6.45, 7) is 24.7. The summed E-state index contributed by atoms with van der Waals surface area (Å²) in [6, 6.07) is 19.8. The maximum atomic E-state index is 12.9. The van der Waals surface area contributed by atoms with Crippen molar-refractivity contribution in [2.24, 2.45) is 36.7 Å². The molecule has 0 radical (unpaired) electrons. The first-order valence-corrected chi connectivity index (χ1v) is 27.9. The number of carbonyl (C=O) groups is 3. The smallest absolute Gasteiger partial charge is 0.410 e. The summed E-state index contributed by atoms with van der Waals surface area (Å²) in [5.41, 5.74) is 16.2. The Kier molecular flexibility index (Phi) is 28.0. The molecular formula is C64H93F2N7O6. The van der Waals surface area contributed by atoms with Gasteiger partial charge in [-0.05, 0) is 221 Å². The van der Waals surface area contributed by atoms with Gasteiger partial charge in [-0.3, -0.25) is 19.5 Å². The SMILES string of the molecule is CC(C)(C)OC=O.CCC(C)OC=O.CN=C/C=C\N.Cc1cc(C)c2c(ccn2C)c1CC1CCN(C(CF)CF)CC1.Cc1cc(C2CC2)c(C[C@H]2CCN(C(=O)OC(C)(C)C)C2)c2ccn(C)c12.N#Cc1ccccc1. The van der Waals surface area contributed by atoms with E-state index in [1.54, 1.807) is 37.0 Å². The van der Waals surface area contributed by atoms with E-state index in [0.29, 0.717) is 30.3 Å². The van der Waals surface area contributed by atoms with Crippen LogP contribution in [0.4, 0.5) is 13.6 Å². The van der Waals surface area contributed by atoms with E-state index >= 15 is 0 Å². The van der Waals surface area contributed by atoms with E-state index in [1.165, 1.54) is 68.7 Å². The number of carbonyl (C=O) groups excluding carboxylic acids is 3. The molecule has 13 nitrogen and oxygen atoms in total. The Hall–Kier alpha value is -6.53. The van der Waals surface area contributed by atoms with Crippen molar-refractivity contribution in [2.45, 2.75) is 157 Å². The third-order valence-electron chi connectivity index (χ3n) is 14.1. The number of aromatic nitrogens is 2. The van der Waals surface area contributed by atoms with Gasteiger partial charge in [0.05, 0.1) is 34.8 Å². The van der Waals surface area contributed by atoms with Gasteiger partial charge in [0.1, 0.15) is 24.6 Å². The molecule has 0 spiro atoms. The van der Waals surface area contributed by atoms with Crippen LogP contribution < -0.4 is 5.73 Å². The van der Waals surface area contributed by atoms with Gasteiger partial charge in [-0.15, -0.1) is 0 Å². The Morgan fingerprint density at radius 1 is 0.797 bits per heavy atom. The number of likely N-dealkylation sites (tertiary alicyclic amines) is 2. The van der Waals surface area contributed by atoms with Gasteiger partial charge in [0, 0.05) is 63.6 Å². The van der Waals surface area contributed by atoms with Gasteiger partial charge in [-0.2, -0.15) is 5.26 Å². The second-order valence-corrected chi connectivity index (χ2v) is 22.9. The quantitative estimate of drug-likeness (QED) is 0.0688. The molecular weight excluding hydrogens is 1000 g/mol. The number of aryl methyl sites for hydroxylation is 5. The fourth-order valence-electron chi connectivity index (χ4n) is 9.83. The lowest BCUT2D eigenvalue weighted by atomic mass is 9.86. The number of nitriles is 1. The Bertz CT molecular complexity index is 2720. The highest BCUT2D eigenvalue weighted by Gasteiger charge is 2.33. The molecule has 3 aromatic carbocycles. The molecule has 2 saturated heterocycles. The first kappa shape index (κ1) is 66.7. The number of alkyl halides is 2. The van der Waals surface area contributed by atoms with E-state index in [1.807, 2.05) is 89.5 Å². The molecule has 434 valence electrons. The van der Waals surface area contributed by atoms with Crippen LogP contribution in [0.3, 0.4) is 0 Å². The summed E-state index contributed by atoms with van der Waals surface area (Å²) in [4.78, 5) is 39.1. The number of fused-ring (bicyclic) bond motifs is 2. The molecule has 0 bridgehead atoms. The summed E-state index contributed by atoms with van der Waals surface area (Å²) in [7, 11) is 5.93. The molecule has 2 atom stereocenters. The van der Waals surface area contributed by atoms with Crippen LogP contribution in [0.2, 0.25) is 0 Å². The van der Waals surface area contributed by atoms with Crippen LogP contribution in [0, 0.1) is 43.9 Å². The fraction of sp³-hybridized carbons (Fsp3) is 0.547. The second kappa shape index (κ2) is 33.2. The molecule has 2 aromatic heterocycles. The highest BCUT2D eigenvalue weighted by molar-refractivity contribution is 5.89. The minimum atomic E-state index is -0.580. The van der Waals surface area contributed by atoms with Gasteiger partial charge in [0.15, 0.2) is 0 Å². The van der Waals surface area contributed by atoms with Gasteiger partial charge < -0.3 is 34.0 Å². The highest BCUT2D eigenvalue weighted by Crippen LogP contribution is 2.45. The van der Waals surface area contributed by atoms with E-state index < -0.39 is 25.0 Å². The predicted molar refractivity (Wildman–Crippen MR) is 318 cm³/mol. The summed E-state index contributed by atoms with van der Waals surface area (Å²) in [6.07, 6.45) is 17.7. The Balaban J connectivity index is 0.000000283. The standard InChI is InChI=1S/C23H32N2O2.C20H28F2N2.C7H5N.2C5H10O2.C4H8N2/c1-15-12-19(17-6-7-17)20(18-9-10-24(5)21(15)18)13-16-8-11-25(14-16)22(26)27-23(2,3)4;1-14-10-15(2)20-18(6-7-23(20)3)19(14)11-16-4-8-24(9-5-16)17(12-21)13-22;8-6-7-4-2-1-3-5-7;1-5(2,3)7-4-6;1-3-5(2)7-4-6;1-6-4-2-3-5/h9-10,12,16-17H,6-8,11,13-14H2,1-5H3;6-7,10,16-17H,4-5,8-9,11-13H2,1-3H3;1-5H;4H,1-3H3;4-5H,3H2,1-2H3;2-4H,5H2,1H3/b;;;;;3-2-,6-4?/t16-;;;;;/m1...../s1. The van der Waals surface area contributed by atoms with Gasteiger partial charge in [-0.1, -0.05) is 37.3 Å². The van der Waals surface area contributed by atoms with Crippen molar-refractivity contribution in [1.29, 1.82) is 5.26 Å². The van der Waals surface area contributed by atoms with E-state index in [0.717, 1.165) is 70.6 Å². The summed E-state index contributed by atoms with van der Waals surface area (Å²) in [5, 5.41) is 11.1. The summed E-state index contributed by atoms with van der Waals surface area (Å²) < 4.78 is 44.8. The van der Waals surface area contributed by atoms with Gasteiger partial charge in [0.25, 0.3) is 12.9 Å². The van der Waals surface area contributed by atoms with Crippen molar-refractivity contribution in [3.05, 3.63) is 118 Å². The highest BCUT2D eigenvalue weighted by atomic mass is 19.1. The molecule has 79 heavy (non-hydrogen) atoms. The third-order valence-corrected chi connectivity index (χ3v) is 14.1.